The summed E-state index contributed by atoms with van der Waals surface area (Å²) in [6.07, 6.45) is -8.26. The molecule has 0 unspecified atom stereocenters. The highest BCUT2D eigenvalue weighted by Crippen LogP contribution is 2.35. The Labute approximate surface area is 91.0 Å². The fraction of sp³-hybridized carbons (Fsp3) is 0.250. The van der Waals surface area contributed by atoms with Gasteiger partial charge in [0.05, 0.1) is 10.6 Å². The molecule has 1 rings (SSSR count). The Hall–Kier alpha value is -1.24. The maximum atomic E-state index is 12.3. The topological polar surface area (TPSA) is 30.0 Å². The fourth-order valence-corrected chi connectivity index (χ4v) is 1.22. The smallest absolute Gasteiger partial charge is 0.296 e. The van der Waals surface area contributed by atoms with Crippen LogP contribution in [0.15, 0.2) is 6.07 Å². The van der Waals surface area contributed by atoms with Gasteiger partial charge in [-0.25, -0.2) is 13.8 Å². The SMILES string of the molecule is O=Cc1nc(C(F)F)c(Cl)cc1C(F)(F)F. The minimum atomic E-state index is -4.87. The molecule has 0 radical (unpaired) electrons. The van der Waals surface area contributed by atoms with E-state index in [0.717, 1.165) is 0 Å². The monoisotopic (exact) mass is 259 g/mol. The molecule has 0 aliphatic carbocycles. The zero-order valence-corrected chi connectivity index (χ0v) is 8.11. The number of aldehydes is 1. The Balaban J connectivity index is 3.44. The lowest BCUT2D eigenvalue weighted by Crippen LogP contribution is -2.12. The van der Waals surface area contributed by atoms with E-state index in [1.165, 1.54) is 0 Å². The van der Waals surface area contributed by atoms with Crippen molar-refractivity contribution >= 4 is 17.9 Å². The molecule has 0 saturated carbocycles. The van der Waals surface area contributed by atoms with Gasteiger partial charge in [0.25, 0.3) is 6.43 Å². The van der Waals surface area contributed by atoms with E-state index >= 15 is 0 Å². The summed E-state index contributed by atoms with van der Waals surface area (Å²) < 4.78 is 61.4. The number of carbonyl (C=O) groups excluding carboxylic acids is 1. The van der Waals surface area contributed by atoms with Crippen molar-refractivity contribution in [2.24, 2.45) is 0 Å². The summed E-state index contributed by atoms with van der Waals surface area (Å²) in [6.45, 7) is 0. The lowest BCUT2D eigenvalue weighted by molar-refractivity contribution is -0.138. The first kappa shape index (κ1) is 12.8. The van der Waals surface area contributed by atoms with Crippen LogP contribution in [-0.4, -0.2) is 11.3 Å². The van der Waals surface area contributed by atoms with Gasteiger partial charge in [0.2, 0.25) is 0 Å². The lowest BCUT2D eigenvalue weighted by Gasteiger charge is -2.11. The molecule has 8 heteroatoms. The normalized spacial score (nSPS) is 11.9. The molecule has 88 valence electrons. The van der Waals surface area contributed by atoms with Gasteiger partial charge in [-0.05, 0) is 6.07 Å². The van der Waals surface area contributed by atoms with Crippen LogP contribution in [-0.2, 0) is 6.18 Å². The van der Waals surface area contributed by atoms with E-state index in [-0.39, 0.29) is 12.4 Å². The molecule has 0 spiro atoms. The van der Waals surface area contributed by atoms with Gasteiger partial charge in [-0.3, -0.25) is 4.79 Å². The molecule has 2 nitrogen and oxygen atoms in total. The Morgan fingerprint density at radius 2 is 1.94 bits per heavy atom. The minimum absolute atomic E-state index is 0.245. The van der Waals surface area contributed by atoms with E-state index in [4.69, 9.17) is 11.6 Å². The molecular weight excluding hydrogens is 257 g/mol. The minimum Gasteiger partial charge on any atom is -0.296 e. The third kappa shape index (κ3) is 2.46. The summed E-state index contributed by atoms with van der Waals surface area (Å²) >= 11 is 5.20. The van der Waals surface area contributed by atoms with E-state index in [0.29, 0.717) is 0 Å². The molecule has 1 aromatic heterocycles. The van der Waals surface area contributed by atoms with Crippen LogP contribution in [0.3, 0.4) is 0 Å². The summed E-state index contributed by atoms with van der Waals surface area (Å²) in [5, 5.41) is -0.826. The van der Waals surface area contributed by atoms with Crippen molar-refractivity contribution in [1.29, 1.82) is 0 Å². The van der Waals surface area contributed by atoms with Crippen molar-refractivity contribution < 1.29 is 26.7 Å². The third-order valence-electron chi connectivity index (χ3n) is 1.66. The lowest BCUT2D eigenvalue weighted by atomic mass is 10.1. The number of hydrogen-bond acceptors (Lipinski definition) is 2. The number of alkyl halides is 5. The van der Waals surface area contributed by atoms with Gasteiger partial charge in [0, 0.05) is 0 Å². The Bertz CT molecular complexity index is 418. The Morgan fingerprint density at radius 3 is 2.31 bits per heavy atom. The molecule has 0 bridgehead atoms. The van der Waals surface area contributed by atoms with E-state index in [1.54, 1.807) is 0 Å². The summed E-state index contributed by atoms with van der Waals surface area (Å²) in [7, 11) is 0. The Morgan fingerprint density at radius 1 is 1.38 bits per heavy atom. The van der Waals surface area contributed by atoms with Crippen molar-refractivity contribution in [2.45, 2.75) is 12.6 Å². The highest BCUT2D eigenvalue weighted by atomic mass is 35.5. The van der Waals surface area contributed by atoms with Crippen LogP contribution in [0, 0.1) is 0 Å². The van der Waals surface area contributed by atoms with Crippen LogP contribution in [0.5, 0.6) is 0 Å². The quantitative estimate of drug-likeness (QED) is 0.601. The second-order valence-electron chi connectivity index (χ2n) is 2.70. The second kappa shape index (κ2) is 4.32. The number of hydrogen-bond donors (Lipinski definition) is 0. The summed E-state index contributed by atoms with van der Waals surface area (Å²) in [4.78, 5) is 13.2. The number of carbonyl (C=O) groups is 1. The Kier molecular flexibility index (Phi) is 3.47. The van der Waals surface area contributed by atoms with Crippen molar-refractivity contribution in [3.8, 4) is 0 Å². The predicted molar refractivity (Wildman–Crippen MR) is 44.6 cm³/mol. The van der Waals surface area contributed by atoms with Crippen LogP contribution in [0.25, 0.3) is 0 Å². The fourth-order valence-electron chi connectivity index (χ4n) is 0.988. The summed E-state index contributed by atoms with van der Waals surface area (Å²) in [5.41, 5.74) is -3.58. The van der Waals surface area contributed by atoms with E-state index in [1.807, 2.05) is 0 Å². The molecule has 16 heavy (non-hydrogen) atoms. The van der Waals surface area contributed by atoms with Gasteiger partial charge < -0.3 is 0 Å². The van der Waals surface area contributed by atoms with Gasteiger partial charge in [0.1, 0.15) is 11.4 Å². The molecule has 0 saturated heterocycles. The average Bonchev–Trinajstić information content (AvgIpc) is 2.15. The van der Waals surface area contributed by atoms with Crippen molar-refractivity contribution in [1.82, 2.24) is 4.98 Å². The van der Waals surface area contributed by atoms with Crippen molar-refractivity contribution in [3.05, 3.63) is 28.0 Å². The van der Waals surface area contributed by atoms with Crippen molar-refractivity contribution in [3.63, 3.8) is 0 Å². The molecule has 0 aromatic carbocycles. The van der Waals surface area contributed by atoms with Gasteiger partial charge in [-0.1, -0.05) is 11.6 Å². The van der Waals surface area contributed by atoms with Crippen LogP contribution < -0.4 is 0 Å². The third-order valence-corrected chi connectivity index (χ3v) is 1.96. The number of halogens is 6. The van der Waals surface area contributed by atoms with Crippen LogP contribution in [0.1, 0.15) is 28.2 Å². The second-order valence-corrected chi connectivity index (χ2v) is 3.11. The molecule has 0 N–H and O–H groups in total. The molecule has 0 aliphatic heterocycles. The first-order chi connectivity index (χ1) is 7.27. The average molecular weight is 260 g/mol. The van der Waals surface area contributed by atoms with Crippen molar-refractivity contribution in [2.75, 3.05) is 0 Å². The van der Waals surface area contributed by atoms with Gasteiger partial charge in [-0.2, -0.15) is 13.2 Å². The maximum absolute atomic E-state index is 12.3. The van der Waals surface area contributed by atoms with Crippen LogP contribution in [0.2, 0.25) is 5.02 Å². The molecular formula is C8H3ClF5NO. The molecule has 1 heterocycles. The highest BCUT2D eigenvalue weighted by molar-refractivity contribution is 6.31. The first-order valence-electron chi connectivity index (χ1n) is 3.78. The molecule has 0 amide bonds. The van der Waals surface area contributed by atoms with E-state index in [9.17, 15) is 26.7 Å². The predicted octanol–water partition coefficient (Wildman–Crippen LogP) is 3.50. The van der Waals surface area contributed by atoms with Gasteiger partial charge >= 0.3 is 6.18 Å². The molecule has 1 aromatic rings. The van der Waals surface area contributed by atoms with Gasteiger partial charge in [0.15, 0.2) is 6.29 Å². The summed E-state index contributed by atoms with van der Waals surface area (Å²) in [6, 6.07) is 0.264. The summed E-state index contributed by atoms with van der Waals surface area (Å²) in [5.74, 6) is 0. The number of pyridine rings is 1. The van der Waals surface area contributed by atoms with Gasteiger partial charge in [-0.15, -0.1) is 0 Å². The van der Waals surface area contributed by atoms with Crippen LogP contribution in [0.4, 0.5) is 22.0 Å². The standard InChI is InChI=1S/C8H3ClF5NO/c9-4-1-3(8(12,13)14)5(2-16)15-6(4)7(10)11/h1-2,7H. The highest BCUT2D eigenvalue weighted by Gasteiger charge is 2.35. The van der Waals surface area contributed by atoms with E-state index in [2.05, 4.69) is 4.98 Å². The number of rotatable bonds is 2. The molecule has 0 aliphatic rings. The number of aromatic nitrogens is 1. The maximum Gasteiger partial charge on any atom is 0.418 e. The largest absolute Gasteiger partial charge is 0.418 e. The molecule has 0 atom stereocenters. The zero-order valence-electron chi connectivity index (χ0n) is 7.36. The molecule has 0 fully saturated rings. The van der Waals surface area contributed by atoms with Crippen LogP contribution >= 0.6 is 11.6 Å². The number of nitrogens with zero attached hydrogens (tertiary/aromatic N) is 1. The first-order valence-corrected chi connectivity index (χ1v) is 4.16. The zero-order chi connectivity index (χ0) is 12.5. The van der Waals surface area contributed by atoms with E-state index < -0.39 is 34.6 Å².